The van der Waals surface area contributed by atoms with Crippen molar-refractivity contribution >= 4 is 16.6 Å². The minimum absolute atomic E-state index is 0.0762. The van der Waals surface area contributed by atoms with Crippen LogP contribution in [0.3, 0.4) is 0 Å². The molecule has 2 aromatic carbocycles. The molecule has 0 aliphatic rings. The van der Waals surface area contributed by atoms with E-state index >= 15 is 0 Å². The van der Waals surface area contributed by atoms with Crippen LogP contribution in [0.1, 0.15) is 42.9 Å². The molecule has 0 radical (unpaired) electrons. The van der Waals surface area contributed by atoms with Gasteiger partial charge in [0.25, 0.3) is 0 Å². The topological polar surface area (TPSA) is 63.8 Å². The van der Waals surface area contributed by atoms with Crippen molar-refractivity contribution in [3.8, 4) is 11.6 Å². The Kier molecular flexibility index (Phi) is 5.49. The van der Waals surface area contributed by atoms with Crippen LogP contribution in [0.5, 0.6) is 11.6 Å². The highest BCUT2D eigenvalue weighted by Crippen LogP contribution is 2.39. The highest BCUT2D eigenvalue weighted by Gasteiger charge is 2.18. The lowest BCUT2D eigenvalue weighted by Gasteiger charge is -2.15. The maximum atomic E-state index is 11.2. The summed E-state index contributed by atoms with van der Waals surface area (Å²) in [6.07, 6.45) is 0.704. The maximum Gasteiger partial charge on any atom is 0.222 e. The first-order chi connectivity index (χ1) is 12.9. The monoisotopic (exact) mass is 366 g/mol. The van der Waals surface area contributed by atoms with Gasteiger partial charge in [0.1, 0.15) is 5.75 Å². The molecule has 142 valence electrons. The fraction of sp³-hybridized carbons (Fsp3) is 0.364. The number of aromatic hydroxyl groups is 1. The van der Waals surface area contributed by atoms with E-state index in [0.29, 0.717) is 30.9 Å². The zero-order valence-corrected chi connectivity index (χ0v) is 16.3. The molecule has 0 aliphatic carbocycles. The van der Waals surface area contributed by atoms with Gasteiger partial charge in [0.05, 0.1) is 12.1 Å². The average molecular weight is 366 g/mol. The molecule has 0 atom stereocenters. The minimum atomic E-state index is -0.0762. The summed E-state index contributed by atoms with van der Waals surface area (Å²) < 4.78 is 7.79. The van der Waals surface area contributed by atoms with Crippen molar-refractivity contribution in [2.45, 2.75) is 46.6 Å². The fourth-order valence-electron chi connectivity index (χ4n) is 3.52. The van der Waals surface area contributed by atoms with E-state index in [1.165, 1.54) is 11.1 Å². The molecule has 3 rings (SSSR count). The summed E-state index contributed by atoms with van der Waals surface area (Å²) in [4.78, 5) is 11.2. The first-order valence-electron chi connectivity index (χ1n) is 9.31. The first kappa shape index (κ1) is 19.0. The number of aromatic nitrogens is 1. The number of nitroso groups, excluding NO2 is 1. The third-order valence-electron chi connectivity index (χ3n) is 4.90. The lowest BCUT2D eigenvalue weighted by molar-refractivity contribution is 0.294. The quantitative estimate of drug-likeness (QED) is 0.415. The molecular formula is C22H26N2O3. The Morgan fingerprint density at radius 3 is 2.67 bits per heavy atom. The molecule has 27 heavy (non-hydrogen) atoms. The summed E-state index contributed by atoms with van der Waals surface area (Å²) in [6, 6.07) is 11.9. The highest BCUT2D eigenvalue weighted by atomic mass is 16.5. The molecule has 0 amide bonds. The first-order valence-corrected chi connectivity index (χ1v) is 9.31. The molecule has 1 heterocycles. The van der Waals surface area contributed by atoms with Gasteiger partial charge in [-0.05, 0) is 54.1 Å². The van der Waals surface area contributed by atoms with Crippen molar-refractivity contribution in [2.24, 2.45) is 5.18 Å². The second-order valence-corrected chi connectivity index (χ2v) is 7.28. The van der Waals surface area contributed by atoms with Crippen LogP contribution in [0.4, 0.5) is 5.69 Å². The summed E-state index contributed by atoms with van der Waals surface area (Å²) in [5.41, 5.74) is 4.32. The van der Waals surface area contributed by atoms with Crippen LogP contribution in [0, 0.1) is 18.8 Å². The van der Waals surface area contributed by atoms with Gasteiger partial charge in [0, 0.05) is 11.9 Å². The summed E-state index contributed by atoms with van der Waals surface area (Å²) in [5.74, 6) is 1.23. The number of hydrogen-bond donors (Lipinski definition) is 1. The van der Waals surface area contributed by atoms with E-state index in [9.17, 15) is 10.0 Å². The fourth-order valence-corrected chi connectivity index (χ4v) is 3.52. The molecule has 0 fully saturated rings. The van der Waals surface area contributed by atoms with Crippen molar-refractivity contribution < 1.29 is 9.84 Å². The number of nitrogens with zero attached hydrogens (tertiary/aromatic N) is 2. The van der Waals surface area contributed by atoms with Crippen molar-refractivity contribution in [2.75, 3.05) is 6.61 Å². The summed E-state index contributed by atoms with van der Waals surface area (Å²) >= 11 is 0. The van der Waals surface area contributed by atoms with Crippen LogP contribution in [-0.4, -0.2) is 16.3 Å². The Hall–Kier alpha value is -2.82. The van der Waals surface area contributed by atoms with E-state index < -0.39 is 0 Å². The molecule has 0 saturated carbocycles. The normalized spacial score (nSPS) is 11.3. The second kappa shape index (κ2) is 7.82. The molecule has 5 nitrogen and oxygen atoms in total. The van der Waals surface area contributed by atoms with Gasteiger partial charge in [0.15, 0.2) is 5.69 Å². The largest absolute Gasteiger partial charge is 0.493 e. The van der Waals surface area contributed by atoms with E-state index in [1.807, 2.05) is 25.1 Å². The van der Waals surface area contributed by atoms with Gasteiger partial charge in [-0.2, -0.15) is 0 Å². The van der Waals surface area contributed by atoms with Gasteiger partial charge >= 0.3 is 0 Å². The van der Waals surface area contributed by atoms with Gasteiger partial charge in [-0.15, -0.1) is 4.91 Å². The van der Waals surface area contributed by atoms with Gasteiger partial charge in [0.2, 0.25) is 5.88 Å². The number of benzene rings is 2. The average Bonchev–Trinajstić information content (AvgIpc) is 2.90. The van der Waals surface area contributed by atoms with Gasteiger partial charge in [-0.3, -0.25) is 0 Å². The molecule has 1 N–H and O–H groups in total. The number of hydrogen-bond acceptors (Lipinski definition) is 4. The zero-order valence-electron chi connectivity index (χ0n) is 16.3. The molecule has 3 aromatic rings. The predicted octanol–water partition coefficient (Wildman–Crippen LogP) is 5.95. The van der Waals surface area contributed by atoms with E-state index in [-0.39, 0.29) is 11.6 Å². The lowest BCUT2D eigenvalue weighted by atomic mass is 10.0. The highest BCUT2D eigenvalue weighted by molar-refractivity contribution is 5.96. The van der Waals surface area contributed by atoms with Crippen LogP contribution in [0.15, 0.2) is 41.6 Å². The molecular weight excluding hydrogens is 340 g/mol. The van der Waals surface area contributed by atoms with Crippen molar-refractivity contribution in [3.05, 3.63) is 58.0 Å². The standard InChI is InChI=1S/C22H26N2O3/c1-14(2)17-10-9-15(3)13-19(17)27-12-6-11-24-21-16(4)7-5-8-18(21)20(23-26)22(24)25/h5,7-10,13-14,25H,6,11-12H2,1-4H3. The molecule has 0 saturated heterocycles. The molecule has 1 aromatic heterocycles. The van der Waals surface area contributed by atoms with Crippen LogP contribution in [-0.2, 0) is 6.54 Å². The van der Waals surface area contributed by atoms with Crippen LogP contribution in [0.25, 0.3) is 10.9 Å². The number of rotatable bonds is 7. The van der Waals surface area contributed by atoms with E-state index in [1.54, 1.807) is 4.57 Å². The Bertz CT molecular complexity index is 973. The number of fused-ring (bicyclic) bond motifs is 1. The second-order valence-electron chi connectivity index (χ2n) is 7.28. The number of para-hydroxylation sites is 1. The Morgan fingerprint density at radius 2 is 1.96 bits per heavy atom. The third-order valence-corrected chi connectivity index (χ3v) is 4.90. The Labute approximate surface area is 159 Å². The van der Waals surface area contributed by atoms with Gasteiger partial charge in [-0.1, -0.05) is 44.2 Å². The van der Waals surface area contributed by atoms with Crippen molar-refractivity contribution in [3.63, 3.8) is 0 Å². The Balaban J connectivity index is 1.77. The van der Waals surface area contributed by atoms with Gasteiger partial charge in [-0.25, -0.2) is 0 Å². The zero-order chi connectivity index (χ0) is 19.6. The summed E-state index contributed by atoms with van der Waals surface area (Å²) in [6.45, 7) is 9.39. The number of aryl methyl sites for hydroxylation is 3. The molecule has 5 heteroatoms. The smallest absolute Gasteiger partial charge is 0.222 e. The van der Waals surface area contributed by atoms with Crippen molar-refractivity contribution in [1.29, 1.82) is 0 Å². The maximum absolute atomic E-state index is 11.2. The lowest BCUT2D eigenvalue weighted by Crippen LogP contribution is -2.06. The van der Waals surface area contributed by atoms with Gasteiger partial charge < -0.3 is 14.4 Å². The van der Waals surface area contributed by atoms with Crippen LogP contribution in [0.2, 0.25) is 0 Å². The number of ether oxygens (including phenoxy) is 1. The minimum Gasteiger partial charge on any atom is -0.493 e. The molecule has 0 unspecified atom stereocenters. The predicted molar refractivity (Wildman–Crippen MR) is 109 cm³/mol. The molecule has 0 spiro atoms. The van der Waals surface area contributed by atoms with Crippen LogP contribution < -0.4 is 4.74 Å². The van der Waals surface area contributed by atoms with Crippen LogP contribution >= 0.6 is 0 Å². The summed E-state index contributed by atoms with van der Waals surface area (Å²) in [7, 11) is 0. The van der Waals surface area contributed by atoms with E-state index in [4.69, 9.17) is 4.74 Å². The summed E-state index contributed by atoms with van der Waals surface area (Å²) in [5, 5.41) is 14.1. The SMILES string of the molecule is Cc1ccc(C(C)C)c(OCCCn2c(O)c(N=O)c3cccc(C)c32)c1. The van der Waals surface area contributed by atoms with Crippen molar-refractivity contribution in [1.82, 2.24) is 4.57 Å². The molecule has 0 bridgehead atoms. The molecule has 0 aliphatic heterocycles. The Morgan fingerprint density at radius 1 is 1.19 bits per heavy atom. The van der Waals surface area contributed by atoms with E-state index in [0.717, 1.165) is 16.8 Å². The van der Waals surface area contributed by atoms with E-state index in [2.05, 4.69) is 44.1 Å². The third kappa shape index (κ3) is 3.68.